The van der Waals surface area contributed by atoms with Crippen LogP contribution in [0.4, 0.5) is 19.0 Å². The summed E-state index contributed by atoms with van der Waals surface area (Å²) in [7, 11) is 0. The summed E-state index contributed by atoms with van der Waals surface area (Å²) in [5.41, 5.74) is 0.217. The third kappa shape index (κ3) is 4.99. The molecule has 0 spiro atoms. The Labute approximate surface area is 162 Å². The first-order valence-corrected chi connectivity index (χ1v) is 9.31. The van der Waals surface area contributed by atoms with Gasteiger partial charge in [-0.1, -0.05) is 37.3 Å². The number of carbonyl (C=O) groups excluding carboxylic acids is 1. The lowest BCUT2D eigenvalue weighted by atomic mass is 9.95. The lowest BCUT2D eigenvalue weighted by Gasteiger charge is -2.32. The molecular formula is C20H23F3N4O. The van der Waals surface area contributed by atoms with Crippen LogP contribution in [0.5, 0.6) is 0 Å². The summed E-state index contributed by atoms with van der Waals surface area (Å²) in [6, 6.07) is 10.9. The van der Waals surface area contributed by atoms with Gasteiger partial charge in [0.25, 0.3) is 0 Å². The van der Waals surface area contributed by atoms with Gasteiger partial charge in [0.05, 0.1) is 0 Å². The minimum absolute atomic E-state index is 0.00102. The van der Waals surface area contributed by atoms with Crippen molar-refractivity contribution in [2.24, 2.45) is 5.92 Å². The quantitative estimate of drug-likeness (QED) is 0.844. The topological polar surface area (TPSA) is 58.1 Å². The van der Waals surface area contributed by atoms with Gasteiger partial charge in [-0.15, -0.1) is 0 Å². The summed E-state index contributed by atoms with van der Waals surface area (Å²) >= 11 is 0. The van der Waals surface area contributed by atoms with Crippen LogP contribution >= 0.6 is 0 Å². The lowest BCUT2D eigenvalue weighted by molar-refractivity contribution is -0.141. The fourth-order valence-corrected chi connectivity index (χ4v) is 3.34. The van der Waals surface area contributed by atoms with Crippen LogP contribution in [0, 0.1) is 5.92 Å². The molecule has 1 atom stereocenters. The van der Waals surface area contributed by atoms with Crippen molar-refractivity contribution in [2.45, 2.75) is 31.9 Å². The Hall–Kier alpha value is -2.64. The first kappa shape index (κ1) is 20.1. The van der Waals surface area contributed by atoms with Gasteiger partial charge in [0.1, 0.15) is 17.8 Å². The van der Waals surface area contributed by atoms with Crippen LogP contribution in [-0.4, -0.2) is 35.5 Å². The average Bonchev–Trinajstić information content (AvgIpc) is 2.72. The summed E-state index contributed by atoms with van der Waals surface area (Å²) in [6.07, 6.45) is -2.40. The summed E-state index contributed by atoms with van der Waals surface area (Å²) in [5.74, 6) is 0.329. The molecule has 1 N–H and O–H groups in total. The number of piperidine rings is 1. The number of rotatable bonds is 5. The van der Waals surface area contributed by atoms with Gasteiger partial charge in [-0.25, -0.2) is 9.97 Å². The number of halogens is 3. The van der Waals surface area contributed by atoms with Crippen molar-refractivity contribution in [2.75, 3.05) is 24.5 Å². The Balaban J connectivity index is 1.50. The molecule has 1 saturated heterocycles. The molecular weight excluding hydrogens is 369 g/mol. The first-order valence-electron chi connectivity index (χ1n) is 9.31. The van der Waals surface area contributed by atoms with Gasteiger partial charge in [-0.2, -0.15) is 13.2 Å². The minimum atomic E-state index is -4.49. The summed E-state index contributed by atoms with van der Waals surface area (Å²) in [4.78, 5) is 21.5. The van der Waals surface area contributed by atoms with E-state index in [0.717, 1.165) is 12.4 Å². The van der Waals surface area contributed by atoms with Gasteiger partial charge >= 0.3 is 6.18 Å². The van der Waals surface area contributed by atoms with Crippen LogP contribution in [-0.2, 0) is 11.0 Å². The van der Waals surface area contributed by atoms with Crippen molar-refractivity contribution in [3.05, 3.63) is 54.0 Å². The smallest absolute Gasteiger partial charge is 0.356 e. The Morgan fingerprint density at radius 2 is 1.89 bits per heavy atom. The molecule has 0 unspecified atom stereocenters. The molecule has 1 aliphatic rings. The third-order valence-electron chi connectivity index (χ3n) is 5.08. The minimum Gasteiger partial charge on any atom is -0.356 e. The number of amides is 1. The van der Waals surface area contributed by atoms with Crippen LogP contribution in [0.3, 0.4) is 0 Å². The maximum absolute atomic E-state index is 12.8. The Bertz CT molecular complexity index is 790. The van der Waals surface area contributed by atoms with E-state index in [1.165, 1.54) is 5.56 Å². The highest BCUT2D eigenvalue weighted by Gasteiger charge is 2.34. The van der Waals surface area contributed by atoms with Crippen molar-refractivity contribution in [1.82, 2.24) is 15.3 Å². The largest absolute Gasteiger partial charge is 0.433 e. The number of benzene rings is 1. The van der Waals surface area contributed by atoms with E-state index in [4.69, 9.17) is 0 Å². The zero-order valence-electron chi connectivity index (χ0n) is 15.6. The van der Waals surface area contributed by atoms with Crippen molar-refractivity contribution < 1.29 is 18.0 Å². The van der Waals surface area contributed by atoms with Gasteiger partial charge in [-0.05, 0) is 24.3 Å². The Morgan fingerprint density at radius 1 is 1.21 bits per heavy atom. The van der Waals surface area contributed by atoms with E-state index in [-0.39, 0.29) is 23.6 Å². The van der Waals surface area contributed by atoms with Gasteiger partial charge in [-0.3, -0.25) is 4.79 Å². The van der Waals surface area contributed by atoms with Gasteiger partial charge in [0.15, 0.2) is 0 Å². The molecule has 2 heterocycles. The lowest BCUT2D eigenvalue weighted by Crippen LogP contribution is -2.41. The molecule has 0 aliphatic carbocycles. The van der Waals surface area contributed by atoms with Gasteiger partial charge in [0, 0.05) is 31.6 Å². The second-order valence-corrected chi connectivity index (χ2v) is 7.08. The van der Waals surface area contributed by atoms with Crippen molar-refractivity contribution in [1.29, 1.82) is 0 Å². The van der Waals surface area contributed by atoms with Crippen LogP contribution in [0.15, 0.2) is 42.7 Å². The molecule has 1 fully saturated rings. The normalized spacial score (nSPS) is 16.6. The highest BCUT2D eigenvalue weighted by Crippen LogP contribution is 2.30. The van der Waals surface area contributed by atoms with Crippen LogP contribution in [0.2, 0.25) is 0 Å². The average molecular weight is 392 g/mol. The first-order chi connectivity index (χ1) is 13.3. The molecule has 1 aliphatic heterocycles. The number of hydrogen-bond donors (Lipinski definition) is 1. The number of carbonyl (C=O) groups is 1. The standard InChI is InChI=1S/C20H23F3N4O/c1-14(15-5-3-2-4-6-15)12-24-19(28)16-7-9-27(10-8-16)18-11-17(20(21,22)23)25-13-26-18/h2-6,11,13-14,16H,7-10,12H2,1H3,(H,24,28)/t14-/m1/s1. The zero-order chi connectivity index (χ0) is 20.1. The molecule has 8 heteroatoms. The van der Waals surface area contributed by atoms with Crippen LogP contribution in [0.1, 0.15) is 36.9 Å². The van der Waals surface area contributed by atoms with E-state index in [1.54, 1.807) is 4.90 Å². The molecule has 0 bridgehead atoms. The maximum Gasteiger partial charge on any atom is 0.433 e. The summed E-state index contributed by atoms with van der Waals surface area (Å²) in [5, 5.41) is 3.00. The molecule has 28 heavy (non-hydrogen) atoms. The number of alkyl halides is 3. The summed E-state index contributed by atoms with van der Waals surface area (Å²) < 4.78 is 38.4. The van der Waals surface area contributed by atoms with E-state index in [0.29, 0.717) is 32.5 Å². The molecule has 150 valence electrons. The monoisotopic (exact) mass is 392 g/mol. The number of anilines is 1. The predicted molar refractivity (Wildman–Crippen MR) is 99.8 cm³/mol. The molecule has 1 aromatic heterocycles. The van der Waals surface area contributed by atoms with E-state index in [2.05, 4.69) is 22.2 Å². The van der Waals surface area contributed by atoms with Gasteiger partial charge in [0.2, 0.25) is 5.91 Å². The highest BCUT2D eigenvalue weighted by atomic mass is 19.4. The second kappa shape index (κ2) is 8.58. The maximum atomic E-state index is 12.8. The van der Waals surface area contributed by atoms with E-state index in [1.807, 2.05) is 30.3 Å². The van der Waals surface area contributed by atoms with E-state index in [9.17, 15) is 18.0 Å². The molecule has 5 nitrogen and oxygen atoms in total. The van der Waals surface area contributed by atoms with Crippen LogP contribution < -0.4 is 10.2 Å². The van der Waals surface area contributed by atoms with E-state index >= 15 is 0 Å². The number of aromatic nitrogens is 2. The third-order valence-corrected chi connectivity index (χ3v) is 5.08. The number of nitrogens with one attached hydrogen (secondary N) is 1. The number of nitrogens with zero attached hydrogens (tertiary/aromatic N) is 3. The second-order valence-electron chi connectivity index (χ2n) is 7.08. The Kier molecular flexibility index (Phi) is 6.16. The Morgan fingerprint density at radius 3 is 2.54 bits per heavy atom. The predicted octanol–water partition coefficient (Wildman–Crippen LogP) is 3.63. The molecule has 0 saturated carbocycles. The SMILES string of the molecule is C[C@H](CNC(=O)C1CCN(c2cc(C(F)(F)F)ncn2)CC1)c1ccccc1. The fraction of sp³-hybridized carbons (Fsp3) is 0.450. The highest BCUT2D eigenvalue weighted by molar-refractivity contribution is 5.79. The molecule has 1 amide bonds. The molecule has 3 rings (SSSR count). The van der Waals surface area contributed by atoms with Crippen molar-refractivity contribution in [3.63, 3.8) is 0 Å². The fourth-order valence-electron chi connectivity index (χ4n) is 3.34. The molecule has 1 aromatic carbocycles. The van der Waals surface area contributed by atoms with Crippen LogP contribution in [0.25, 0.3) is 0 Å². The molecule has 0 radical (unpaired) electrons. The summed E-state index contributed by atoms with van der Waals surface area (Å²) in [6.45, 7) is 3.59. The zero-order valence-corrected chi connectivity index (χ0v) is 15.6. The van der Waals surface area contributed by atoms with E-state index < -0.39 is 11.9 Å². The number of hydrogen-bond acceptors (Lipinski definition) is 4. The van der Waals surface area contributed by atoms with Crippen molar-refractivity contribution >= 4 is 11.7 Å². The molecule has 2 aromatic rings. The van der Waals surface area contributed by atoms with Gasteiger partial charge < -0.3 is 10.2 Å². The van der Waals surface area contributed by atoms with Crippen molar-refractivity contribution in [3.8, 4) is 0 Å².